The molecule has 1 aromatic heterocycles. The van der Waals surface area contributed by atoms with Crippen molar-refractivity contribution in [3.63, 3.8) is 0 Å². The minimum atomic E-state index is -0.788. The molecule has 0 bridgehead atoms. The van der Waals surface area contributed by atoms with Gasteiger partial charge in [-0.2, -0.15) is 0 Å². The van der Waals surface area contributed by atoms with Crippen LogP contribution in [0.3, 0.4) is 0 Å². The Morgan fingerprint density at radius 3 is 2.82 bits per heavy atom. The van der Waals surface area contributed by atoms with Gasteiger partial charge in [-0.1, -0.05) is 25.5 Å². The molecule has 2 heterocycles. The molecule has 0 aliphatic carbocycles. The smallest absolute Gasteiger partial charge is 0.303 e. The number of aliphatic carboxylic acids is 1. The highest BCUT2D eigenvalue weighted by Gasteiger charge is 2.22. The topological polar surface area (TPSA) is 71.2 Å². The summed E-state index contributed by atoms with van der Waals surface area (Å²) in [4.78, 5) is 13.1. The molecule has 0 aromatic carbocycles. The van der Waals surface area contributed by atoms with Gasteiger partial charge < -0.3 is 10.0 Å². The molecule has 1 atom stereocenters. The maximum Gasteiger partial charge on any atom is 0.303 e. The van der Waals surface area contributed by atoms with E-state index in [1.165, 1.54) is 19.4 Å². The van der Waals surface area contributed by atoms with E-state index in [9.17, 15) is 4.79 Å². The van der Waals surface area contributed by atoms with Crippen LogP contribution in [-0.2, 0) is 11.2 Å². The number of carbonyl (C=O) groups is 1. The van der Waals surface area contributed by atoms with Crippen molar-refractivity contribution in [1.29, 1.82) is 0 Å². The summed E-state index contributed by atoms with van der Waals surface area (Å²) in [6.07, 6.45) is 7.25. The fraction of sp³-hybridized carbons (Fsp3) is 0.812. The van der Waals surface area contributed by atoms with E-state index in [0.717, 1.165) is 37.5 Å². The molecule has 1 saturated heterocycles. The Balaban J connectivity index is 1.78. The normalized spacial score (nSPS) is 18.5. The number of likely N-dealkylation sites (tertiary alicyclic amines) is 1. The molecule has 1 aromatic rings. The molecule has 6 heteroatoms. The molecule has 0 radical (unpaired) electrons. The second kappa shape index (κ2) is 8.27. The van der Waals surface area contributed by atoms with Crippen LogP contribution in [0.15, 0.2) is 6.20 Å². The number of piperidine rings is 1. The number of nitrogens with zero attached hydrogens (tertiary/aromatic N) is 4. The minimum Gasteiger partial charge on any atom is -0.481 e. The van der Waals surface area contributed by atoms with Crippen LogP contribution in [0.4, 0.5) is 0 Å². The number of hydrogen-bond donors (Lipinski definition) is 1. The molecule has 1 unspecified atom stereocenters. The van der Waals surface area contributed by atoms with Gasteiger partial charge in [0.1, 0.15) is 0 Å². The molecule has 0 spiro atoms. The quantitative estimate of drug-likeness (QED) is 0.798. The maximum absolute atomic E-state index is 10.6. The van der Waals surface area contributed by atoms with Crippen molar-refractivity contribution in [1.82, 2.24) is 19.9 Å². The molecule has 22 heavy (non-hydrogen) atoms. The predicted molar refractivity (Wildman–Crippen MR) is 84.8 cm³/mol. The first-order valence-corrected chi connectivity index (χ1v) is 8.43. The van der Waals surface area contributed by atoms with Crippen LogP contribution in [0.25, 0.3) is 0 Å². The Hall–Kier alpha value is -1.43. The molecule has 1 aliphatic rings. The second-order valence-corrected chi connectivity index (χ2v) is 6.51. The van der Waals surface area contributed by atoms with Gasteiger partial charge in [0.25, 0.3) is 0 Å². The first kappa shape index (κ1) is 16.9. The average molecular weight is 308 g/mol. The van der Waals surface area contributed by atoms with Gasteiger partial charge in [-0.05, 0) is 25.2 Å². The van der Waals surface area contributed by atoms with Gasteiger partial charge in [-0.3, -0.25) is 4.79 Å². The third-order valence-electron chi connectivity index (χ3n) is 4.44. The summed E-state index contributed by atoms with van der Waals surface area (Å²) in [7, 11) is 0. The molecule has 1 fully saturated rings. The van der Waals surface area contributed by atoms with Crippen molar-refractivity contribution in [3.8, 4) is 0 Å². The Labute approximate surface area is 132 Å². The summed E-state index contributed by atoms with van der Waals surface area (Å²) in [5, 5.41) is 17.0. The van der Waals surface area contributed by atoms with Crippen LogP contribution in [0.5, 0.6) is 0 Å². The van der Waals surface area contributed by atoms with E-state index in [-0.39, 0.29) is 6.42 Å². The van der Waals surface area contributed by atoms with Gasteiger partial charge in [0.2, 0.25) is 0 Å². The van der Waals surface area contributed by atoms with Gasteiger partial charge in [0, 0.05) is 32.3 Å². The summed E-state index contributed by atoms with van der Waals surface area (Å²) in [5.74, 6) is -0.0143. The van der Waals surface area contributed by atoms with Crippen molar-refractivity contribution in [2.75, 3.05) is 19.6 Å². The van der Waals surface area contributed by atoms with E-state index in [0.29, 0.717) is 12.5 Å². The summed E-state index contributed by atoms with van der Waals surface area (Å²) in [5.41, 5.74) is 0.779. The lowest BCUT2D eigenvalue weighted by Gasteiger charge is -2.33. The van der Waals surface area contributed by atoms with Crippen LogP contribution in [0.2, 0.25) is 0 Å². The lowest BCUT2D eigenvalue weighted by atomic mass is 10.0. The largest absolute Gasteiger partial charge is 0.481 e. The van der Waals surface area contributed by atoms with E-state index < -0.39 is 5.97 Å². The molecule has 1 aliphatic heterocycles. The number of carboxylic acid groups (broad SMARTS) is 1. The molecular formula is C16H28N4O2. The summed E-state index contributed by atoms with van der Waals surface area (Å²) in [6, 6.07) is 0.406. The fourth-order valence-corrected chi connectivity index (χ4v) is 3.23. The van der Waals surface area contributed by atoms with Crippen LogP contribution < -0.4 is 0 Å². The van der Waals surface area contributed by atoms with Crippen molar-refractivity contribution in [3.05, 3.63) is 11.9 Å². The number of rotatable bonds is 8. The van der Waals surface area contributed by atoms with Crippen LogP contribution in [0.1, 0.15) is 57.7 Å². The highest BCUT2D eigenvalue weighted by atomic mass is 16.4. The maximum atomic E-state index is 10.6. The van der Waals surface area contributed by atoms with E-state index in [1.807, 2.05) is 10.9 Å². The number of aryl methyl sites for hydroxylation is 1. The van der Waals surface area contributed by atoms with Crippen molar-refractivity contribution >= 4 is 5.97 Å². The molecule has 0 saturated carbocycles. The zero-order valence-electron chi connectivity index (χ0n) is 13.7. The third kappa shape index (κ3) is 5.09. The third-order valence-corrected chi connectivity index (χ3v) is 4.44. The number of hydrogen-bond acceptors (Lipinski definition) is 4. The molecule has 0 amide bonds. The predicted octanol–water partition coefficient (Wildman–Crippen LogP) is 2.37. The highest BCUT2D eigenvalue weighted by Crippen LogP contribution is 2.23. The second-order valence-electron chi connectivity index (χ2n) is 6.51. The Kier molecular flexibility index (Phi) is 6.36. The van der Waals surface area contributed by atoms with Crippen molar-refractivity contribution < 1.29 is 9.90 Å². The monoisotopic (exact) mass is 308 g/mol. The molecule has 124 valence electrons. The van der Waals surface area contributed by atoms with Crippen molar-refractivity contribution in [2.24, 2.45) is 5.92 Å². The standard InChI is InChI=1S/C16H28N4O2/c1-3-4-13(2)11-19-9-7-15(8-10-19)20-12-14(17-18-20)5-6-16(21)22/h12-13,15H,3-11H2,1-2H3,(H,21,22). The SMILES string of the molecule is CCCC(C)CN1CCC(n2cc(CCC(=O)O)nn2)CC1. The first-order chi connectivity index (χ1) is 10.6. The Morgan fingerprint density at radius 2 is 2.18 bits per heavy atom. The lowest BCUT2D eigenvalue weighted by Crippen LogP contribution is -2.37. The van der Waals surface area contributed by atoms with E-state index >= 15 is 0 Å². The van der Waals surface area contributed by atoms with E-state index in [4.69, 9.17) is 5.11 Å². The summed E-state index contributed by atoms with van der Waals surface area (Å²) < 4.78 is 1.93. The lowest BCUT2D eigenvalue weighted by molar-refractivity contribution is -0.136. The number of aromatic nitrogens is 3. The van der Waals surface area contributed by atoms with Crippen LogP contribution in [0, 0.1) is 5.92 Å². The minimum absolute atomic E-state index is 0.118. The van der Waals surface area contributed by atoms with Gasteiger partial charge in [-0.25, -0.2) is 4.68 Å². The summed E-state index contributed by atoms with van der Waals surface area (Å²) in [6.45, 7) is 8.00. The number of carboxylic acids is 1. The summed E-state index contributed by atoms with van der Waals surface area (Å²) >= 11 is 0. The Morgan fingerprint density at radius 1 is 1.45 bits per heavy atom. The highest BCUT2D eigenvalue weighted by molar-refractivity contribution is 5.66. The fourth-order valence-electron chi connectivity index (χ4n) is 3.23. The van der Waals surface area contributed by atoms with E-state index in [1.54, 1.807) is 0 Å². The van der Waals surface area contributed by atoms with Gasteiger partial charge in [0.15, 0.2) is 0 Å². The Bertz CT molecular complexity index is 466. The molecule has 1 N–H and O–H groups in total. The van der Waals surface area contributed by atoms with Gasteiger partial charge >= 0.3 is 5.97 Å². The van der Waals surface area contributed by atoms with Gasteiger partial charge in [0.05, 0.1) is 18.2 Å². The average Bonchev–Trinajstić information content (AvgIpc) is 2.95. The molecule has 6 nitrogen and oxygen atoms in total. The first-order valence-electron chi connectivity index (χ1n) is 8.43. The zero-order valence-corrected chi connectivity index (χ0v) is 13.7. The van der Waals surface area contributed by atoms with Crippen LogP contribution in [-0.4, -0.2) is 50.6 Å². The van der Waals surface area contributed by atoms with Crippen molar-refractivity contribution in [2.45, 2.75) is 58.4 Å². The molecule has 2 rings (SSSR count). The zero-order chi connectivity index (χ0) is 15.9. The molecular weight excluding hydrogens is 280 g/mol. The van der Waals surface area contributed by atoms with E-state index in [2.05, 4.69) is 29.1 Å². The van der Waals surface area contributed by atoms with Gasteiger partial charge in [-0.15, -0.1) is 5.10 Å². The van der Waals surface area contributed by atoms with Crippen LogP contribution >= 0.6 is 0 Å².